The lowest BCUT2D eigenvalue weighted by molar-refractivity contribution is -0.170. The Labute approximate surface area is 98.7 Å². The predicted octanol–water partition coefficient (Wildman–Crippen LogP) is 4.20. The highest BCUT2D eigenvalue weighted by atomic mass is 19.4. The summed E-state index contributed by atoms with van der Waals surface area (Å²) in [6, 6.07) is 4.76. The normalized spacial score (nSPS) is 12.2. The lowest BCUT2D eigenvalue weighted by Gasteiger charge is -2.14. The van der Waals surface area contributed by atoms with Crippen LogP contribution in [0, 0.1) is 0 Å². The van der Waals surface area contributed by atoms with Crippen molar-refractivity contribution in [3.63, 3.8) is 0 Å². The van der Waals surface area contributed by atoms with Crippen LogP contribution in [0.2, 0.25) is 0 Å². The number of methoxy groups -OCH3 is 1. The number of hydrogen-bond donors (Lipinski definition) is 0. The first kappa shape index (κ1) is 14.4. The number of halogens is 6. The summed E-state index contributed by atoms with van der Waals surface area (Å²) in [6.07, 6.45) is -10.8. The third-order valence-electron chi connectivity index (χ3n) is 2.04. The van der Waals surface area contributed by atoms with Crippen molar-refractivity contribution >= 4 is 6.08 Å². The maximum absolute atomic E-state index is 12.2. The minimum atomic E-state index is -5.45. The zero-order valence-electron chi connectivity index (χ0n) is 9.06. The predicted molar refractivity (Wildman–Crippen MR) is 53.1 cm³/mol. The summed E-state index contributed by atoms with van der Waals surface area (Å²) < 4.78 is 78.1. The molecule has 7 heteroatoms. The molecular formula is C11H8F6O. The Morgan fingerprint density at radius 1 is 0.944 bits per heavy atom. The number of alkyl halides is 6. The van der Waals surface area contributed by atoms with E-state index in [4.69, 9.17) is 4.74 Å². The van der Waals surface area contributed by atoms with Crippen LogP contribution in [-0.4, -0.2) is 19.5 Å². The number of ether oxygens (including phenoxy) is 1. The van der Waals surface area contributed by atoms with Crippen LogP contribution in [0.1, 0.15) is 5.56 Å². The van der Waals surface area contributed by atoms with Crippen LogP contribution in [-0.2, 0) is 0 Å². The first-order chi connectivity index (χ1) is 8.14. The van der Waals surface area contributed by atoms with Crippen LogP contribution in [0.3, 0.4) is 0 Å². The maximum Gasteiger partial charge on any atom is 0.421 e. The largest absolute Gasteiger partial charge is 0.497 e. The lowest BCUT2D eigenvalue weighted by atomic mass is 10.1. The van der Waals surface area contributed by atoms with Gasteiger partial charge in [0.25, 0.3) is 0 Å². The second-order valence-corrected chi connectivity index (χ2v) is 3.33. The molecule has 0 fully saturated rings. The molecule has 0 aliphatic carbocycles. The van der Waals surface area contributed by atoms with Crippen molar-refractivity contribution < 1.29 is 31.1 Å². The molecule has 100 valence electrons. The fourth-order valence-electron chi connectivity index (χ4n) is 1.19. The van der Waals surface area contributed by atoms with Crippen LogP contribution < -0.4 is 4.74 Å². The van der Waals surface area contributed by atoms with Crippen molar-refractivity contribution in [2.45, 2.75) is 12.4 Å². The fraction of sp³-hybridized carbons (Fsp3) is 0.273. The molecule has 0 aliphatic rings. The van der Waals surface area contributed by atoms with Gasteiger partial charge >= 0.3 is 12.4 Å². The van der Waals surface area contributed by atoms with E-state index in [9.17, 15) is 26.3 Å². The highest BCUT2D eigenvalue weighted by Gasteiger charge is 2.50. The van der Waals surface area contributed by atoms with Gasteiger partial charge in [-0.05, 0) is 23.8 Å². The molecule has 0 N–H and O–H groups in total. The van der Waals surface area contributed by atoms with E-state index < -0.39 is 17.9 Å². The zero-order valence-corrected chi connectivity index (χ0v) is 9.06. The van der Waals surface area contributed by atoms with Gasteiger partial charge in [0.15, 0.2) is 0 Å². The highest BCUT2D eigenvalue weighted by molar-refractivity contribution is 5.56. The molecule has 0 atom stereocenters. The van der Waals surface area contributed by atoms with Gasteiger partial charge in [-0.25, -0.2) is 0 Å². The fourth-order valence-corrected chi connectivity index (χ4v) is 1.19. The number of benzene rings is 1. The average Bonchev–Trinajstić information content (AvgIpc) is 2.23. The quantitative estimate of drug-likeness (QED) is 0.732. The first-order valence-corrected chi connectivity index (χ1v) is 4.64. The van der Waals surface area contributed by atoms with Gasteiger partial charge in [-0.3, -0.25) is 0 Å². The molecule has 18 heavy (non-hydrogen) atoms. The van der Waals surface area contributed by atoms with Gasteiger partial charge in [-0.2, -0.15) is 26.3 Å². The Kier molecular flexibility index (Phi) is 3.93. The monoisotopic (exact) mass is 270 g/mol. The van der Waals surface area contributed by atoms with Crippen LogP contribution in [0.5, 0.6) is 5.75 Å². The molecule has 1 aromatic rings. The molecule has 0 aromatic heterocycles. The third kappa shape index (κ3) is 3.68. The Balaban J connectivity index is 3.16. The van der Waals surface area contributed by atoms with Crippen molar-refractivity contribution in [3.8, 4) is 5.75 Å². The second kappa shape index (κ2) is 4.91. The minimum absolute atomic E-state index is 0.0550. The molecule has 0 spiro atoms. The Bertz CT molecular complexity index is 410. The summed E-state index contributed by atoms with van der Waals surface area (Å²) in [5, 5.41) is 0. The van der Waals surface area contributed by atoms with Gasteiger partial charge in [-0.15, -0.1) is 0 Å². The molecule has 0 saturated heterocycles. The van der Waals surface area contributed by atoms with Crippen LogP contribution >= 0.6 is 0 Å². The topological polar surface area (TPSA) is 9.23 Å². The van der Waals surface area contributed by atoms with E-state index in [-0.39, 0.29) is 11.6 Å². The van der Waals surface area contributed by atoms with Crippen LogP contribution in [0.15, 0.2) is 29.8 Å². The average molecular weight is 270 g/mol. The smallest absolute Gasteiger partial charge is 0.421 e. The summed E-state index contributed by atoms with van der Waals surface area (Å²) in [6.45, 7) is 0. The number of hydrogen-bond acceptors (Lipinski definition) is 1. The minimum Gasteiger partial charge on any atom is -0.497 e. The Hall–Kier alpha value is -1.66. The van der Waals surface area contributed by atoms with E-state index in [0.29, 0.717) is 5.75 Å². The van der Waals surface area contributed by atoms with Gasteiger partial charge in [-0.1, -0.05) is 12.1 Å². The molecule has 1 aromatic carbocycles. The Morgan fingerprint density at radius 2 is 1.39 bits per heavy atom. The maximum atomic E-state index is 12.2. The van der Waals surface area contributed by atoms with Gasteiger partial charge in [0.2, 0.25) is 0 Å². The summed E-state index contributed by atoms with van der Waals surface area (Å²) >= 11 is 0. The van der Waals surface area contributed by atoms with Crippen molar-refractivity contribution in [3.05, 3.63) is 35.4 Å². The molecule has 0 saturated carbocycles. The molecule has 0 unspecified atom stereocenters. The summed E-state index contributed by atoms with van der Waals surface area (Å²) in [4.78, 5) is 0. The SMILES string of the molecule is COc1ccc(C=C(C(F)(F)F)C(F)(F)F)cc1. The molecule has 0 heterocycles. The lowest BCUT2D eigenvalue weighted by Crippen LogP contribution is -2.25. The van der Waals surface area contributed by atoms with E-state index in [1.807, 2.05) is 0 Å². The molecule has 0 bridgehead atoms. The van der Waals surface area contributed by atoms with Crippen LogP contribution in [0.25, 0.3) is 6.08 Å². The van der Waals surface area contributed by atoms with E-state index >= 15 is 0 Å². The van der Waals surface area contributed by atoms with Gasteiger partial charge in [0.05, 0.1) is 7.11 Å². The van der Waals surface area contributed by atoms with Gasteiger partial charge in [0, 0.05) is 0 Å². The molecule has 0 amide bonds. The number of rotatable bonds is 2. The third-order valence-corrected chi connectivity index (χ3v) is 2.04. The zero-order chi connectivity index (χ0) is 14.0. The first-order valence-electron chi connectivity index (χ1n) is 4.64. The van der Waals surface area contributed by atoms with Gasteiger partial charge in [0.1, 0.15) is 11.3 Å². The van der Waals surface area contributed by atoms with E-state index in [1.54, 1.807) is 0 Å². The summed E-state index contributed by atoms with van der Waals surface area (Å²) in [5.41, 5.74) is -2.75. The summed E-state index contributed by atoms with van der Waals surface area (Å²) in [7, 11) is 1.34. The standard InChI is InChI=1S/C11H8F6O/c1-18-8-4-2-7(3-5-8)6-9(10(12,13)14)11(15,16)17/h2-6H,1H3. The molecule has 1 rings (SSSR count). The second-order valence-electron chi connectivity index (χ2n) is 3.33. The molecule has 0 aliphatic heterocycles. The van der Waals surface area contributed by atoms with Crippen molar-refractivity contribution in [1.29, 1.82) is 0 Å². The molecule has 1 nitrogen and oxygen atoms in total. The van der Waals surface area contributed by atoms with Crippen molar-refractivity contribution in [1.82, 2.24) is 0 Å². The van der Waals surface area contributed by atoms with Crippen molar-refractivity contribution in [2.24, 2.45) is 0 Å². The summed E-state index contributed by atoms with van der Waals surface area (Å²) in [5.74, 6) is 0.340. The van der Waals surface area contributed by atoms with Crippen molar-refractivity contribution in [2.75, 3.05) is 7.11 Å². The number of allylic oxidation sites excluding steroid dienone is 1. The molecule has 0 radical (unpaired) electrons. The van der Waals surface area contributed by atoms with E-state index in [1.165, 1.54) is 19.2 Å². The van der Waals surface area contributed by atoms with E-state index in [2.05, 4.69) is 0 Å². The van der Waals surface area contributed by atoms with Crippen LogP contribution in [0.4, 0.5) is 26.3 Å². The van der Waals surface area contributed by atoms with Gasteiger partial charge < -0.3 is 4.74 Å². The Morgan fingerprint density at radius 3 is 1.72 bits per heavy atom. The van der Waals surface area contributed by atoms with E-state index in [0.717, 1.165) is 12.1 Å². The molecular weight excluding hydrogens is 262 g/mol. The highest BCUT2D eigenvalue weighted by Crippen LogP contribution is 2.39.